The Balaban J connectivity index is 1.18. The molecule has 0 aliphatic rings. The summed E-state index contributed by atoms with van der Waals surface area (Å²) in [6.45, 7) is 2.03. The molecule has 8 aromatic rings. The first-order valence-corrected chi connectivity index (χ1v) is 15.6. The fourth-order valence-corrected chi connectivity index (χ4v) is 6.19. The molecule has 0 aliphatic carbocycles. The van der Waals surface area contributed by atoms with Crippen LogP contribution < -0.4 is 5.73 Å². The zero-order valence-corrected chi connectivity index (χ0v) is 25.8. The number of fused-ring (bicyclic) bond motifs is 2. The quantitative estimate of drug-likeness (QED) is 0.204. The van der Waals surface area contributed by atoms with E-state index in [9.17, 15) is 0 Å². The highest BCUT2D eigenvalue weighted by Gasteiger charge is 2.20. The van der Waals surface area contributed by atoms with Crippen molar-refractivity contribution in [3.05, 3.63) is 163 Å². The number of rotatable bonds is 6. The molecule has 0 spiro atoms. The Morgan fingerprint density at radius 2 is 1.11 bits per heavy atom. The Hall–Kier alpha value is -6.33. The SMILES string of the molecule is C/C=C(/c1ccc(-c2nc(-c3ccccc3)nc(-c3ccccc3)n2)cc1)c1c(N)oc2c(-c3ccc4ccccc4c3)cccc12. The smallest absolute Gasteiger partial charge is 0.199 e. The average molecular weight is 607 g/mol. The predicted molar refractivity (Wildman–Crippen MR) is 192 cm³/mol. The highest BCUT2D eigenvalue weighted by Crippen LogP contribution is 2.41. The van der Waals surface area contributed by atoms with E-state index in [1.807, 2.05) is 67.6 Å². The molecule has 0 atom stereocenters. The number of furan rings is 1. The molecule has 47 heavy (non-hydrogen) atoms. The minimum atomic E-state index is 0.392. The van der Waals surface area contributed by atoms with Gasteiger partial charge < -0.3 is 10.2 Å². The van der Waals surface area contributed by atoms with E-state index < -0.39 is 0 Å². The first kappa shape index (κ1) is 28.2. The van der Waals surface area contributed by atoms with Crippen LogP contribution in [0.25, 0.3) is 72.6 Å². The van der Waals surface area contributed by atoms with E-state index in [0.717, 1.165) is 55.5 Å². The normalized spacial score (nSPS) is 11.7. The molecule has 0 saturated carbocycles. The Bertz CT molecular complexity index is 2350. The maximum Gasteiger partial charge on any atom is 0.199 e. The van der Waals surface area contributed by atoms with Crippen LogP contribution in [-0.2, 0) is 0 Å². The second-order valence-electron chi connectivity index (χ2n) is 11.4. The zero-order chi connectivity index (χ0) is 31.7. The number of nitrogen functional groups attached to an aromatic ring is 1. The van der Waals surface area contributed by atoms with Gasteiger partial charge in [-0.3, -0.25) is 0 Å². The van der Waals surface area contributed by atoms with E-state index in [1.54, 1.807) is 0 Å². The monoisotopic (exact) mass is 606 g/mol. The van der Waals surface area contributed by atoms with E-state index in [-0.39, 0.29) is 0 Å². The molecule has 0 aliphatic heterocycles. The molecule has 0 fully saturated rings. The number of anilines is 1. The molecule has 0 unspecified atom stereocenters. The van der Waals surface area contributed by atoms with Crippen LogP contribution in [0.2, 0.25) is 0 Å². The lowest BCUT2D eigenvalue weighted by atomic mass is 9.93. The van der Waals surface area contributed by atoms with Crippen molar-refractivity contribution in [2.24, 2.45) is 0 Å². The van der Waals surface area contributed by atoms with E-state index in [4.69, 9.17) is 25.1 Å². The molecule has 6 aromatic carbocycles. The van der Waals surface area contributed by atoms with Gasteiger partial charge in [0.25, 0.3) is 0 Å². The van der Waals surface area contributed by atoms with Crippen molar-refractivity contribution >= 4 is 33.2 Å². The van der Waals surface area contributed by atoms with Crippen molar-refractivity contribution in [3.63, 3.8) is 0 Å². The van der Waals surface area contributed by atoms with E-state index in [0.29, 0.717) is 23.4 Å². The summed E-state index contributed by atoms with van der Waals surface area (Å²) in [5.74, 6) is 2.27. The summed E-state index contributed by atoms with van der Waals surface area (Å²) in [4.78, 5) is 14.6. The van der Waals surface area contributed by atoms with Crippen molar-refractivity contribution in [2.45, 2.75) is 6.92 Å². The number of allylic oxidation sites excluding steroid dienone is 1. The summed E-state index contributed by atoms with van der Waals surface area (Å²) < 4.78 is 6.31. The van der Waals surface area contributed by atoms with Gasteiger partial charge in [0.15, 0.2) is 23.4 Å². The van der Waals surface area contributed by atoms with Crippen LogP contribution in [-0.4, -0.2) is 15.0 Å². The van der Waals surface area contributed by atoms with E-state index in [2.05, 4.69) is 91.0 Å². The van der Waals surface area contributed by atoms with Gasteiger partial charge in [-0.2, -0.15) is 0 Å². The van der Waals surface area contributed by atoms with E-state index in [1.165, 1.54) is 10.8 Å². The number of benzene rings is 6. The Morgan fingerprint density at radius 1 is 0.553 bits per heavy atom. The number of nitrogens with two attached hydrogens (primary N) is 1. The van der Waals surface area contributed by atoms with Crippen LogP contribution in [0, 0.1) is 0 Å². The van der Waals surface area contributed by atoms with Crippen LogP contribution in [0.1, 0.15) is 18.1 Å². The van der Waals surface area contributed by atoms with Crippen molar-refractivity contribution < 1.29 is 4.42 Å². The molecule has 0 saturated heterocycles. The highest BCUT2D eigenvalue weighted by molar-refractivity contribution is 6.05. The second-order valence-corrected chi connectivity index (χ2v) is 11.4. The molecule has 8 rings (SSSR count). The largest absolute Gasteiger partial charge is 0.440 e. The molecular formula is C42H30N4O. The third kappa shape index (κ3) is 5.24. The van der Waals surface area contributed by atoms with Crippen molar-refractivity contribution in [1.82, 2.24) is 15.0 Å². The summed E-state index contributed by atoms with van der Waals surface area (Å²) >= 11 is 0. The first-order chi connectivity index (χ1) is 23.2. The third-order valence-corrected chi connectivity index (χ3v) is 8.51. The molecule has 5 heteroatoms. The van der Waals surface area contributed by atoms with Gasteiger partial charge in [0.2, 0.25) is 0 Å². The lowest BCUT2D eigenvalue weighted by Gasteiger charge is -2.11. The number of para-hydroxylation sites is 1. The lowest BCUT2D eigenvalue weighted by Crippen LogP contribution is -2.00. The van der Waals surface area contributed by atoms with Gasteiger partial charge in [0, 0.05) is 27.6 Å². The average Bonchev–Trinajstić information content (AvgIpc) is 3.48. The second kappa shape index (κ2) is 11.9. The van der Waals surface area contributed by atoms with Crippen LogP contribution in [0.3, 0.4) is 0 Å². The number of nitrogens with zero attached hydrogens (tertiary/aromatic N) is 3. The molecule has 0 bridgehead atoms. The molecule has 2 aromatic heterocycles. The van der Waals surface area contributed by atoms with Gasteiger partial charge in [-0.25, -0.2) is 15.0 Å². The molecule has 0 amide bonds. The zero-order valence-electron chi connectivity index (χ0n) is 25.8. The minimum absolute atomic E-state index is 0.392. The van der Waals surface area contributed by atoms with Crippen molar-refractivity contribution in [3.8, 4) is 45.3 Å². The lowest BCUT2D eigenvalue weighted by molar-refractivity contribution is 0.637. The minimum Gasteiger partial charge on any atom is -0.440 e. The third-order valence-electron chi connectivity index (χ3n) is 8.51. The Morgan fingerprint density at radius 3 is 1.72 bits per heavy atom. The number of aromatic nitrogens is 3. The molecule has 224 valence electrons. The van der Waals surface area contributed by atoms with Crippen LogP contribution >= 0.6 is 0 Å². The molecule has 0 radical (unpaired) electrons. The van der Waals surface area contributed by atoms with Crippen LogP contribution in [0.4, 0.5) is 5.88 Å². The summed E-state index contributed by atoms with van der Waals surface area (Å²) in [6.07, 6.45) is 2.09. The van der Waals surface area contributed by atoms with Gasteiger partial charge >= 0.3 is 0 Å². The van der Waals surface area contributed by atoms with Gasteiger partial charge in [0.05, 0.1) is 5.56 Å². The number of hydrogen-bond donors (Lipinski definition) is 1. The topological polar surface area (TPSA) is 77.8 Å². The fraction of sp³-hybridized carbons (Fsp3) is 0.0238. The highest BCUT2D eigenvalue weighted by atomic mass is 16.3. The summed E-state index contributed by atoms with van der Waals surface area (Å²) in [7, 11) is 0. The maximum atomic E-state index is 6.64. The first-order valence-electron chi connectivity index (χ1n) is 15.6. The predicted octanol–water partition coefficient (Wildman–Crippen LogP) is 10.5. The van der Waals surface area contributed by atoms with Gasteiger partial charge in [-0.1, -0.05) is 146 Å². The van der Waals surface area contributed by atoms with Crippen molar-refractivity contribution in [2.75, 3.05) is 5.73 Å². The molecule has 2 heterocycles. The Kier molecular flexibility index (Phi) is 7.12. The molecule has 5 nitrogen and oxygen atoms in total. The summed E-state index contributed by atoms with van der Waals surface area (Å²) in [5.41, 5.74) is 15.2. The van der Waals surface area contributed by atoms with Gasteiger partial charge in [-0.05, 0) is 40.5 Å². The maximum absolute atomic E-state index is 6.64. The summed E-state index contributed by atoms with van der Waals surface area (Å²) in [6, 6.07) is 49.4. The van der Waals surface area contributed by atoms with Crippen LogP contribution in [0.5, 0.6) is 0 Å². The summed E-state index contributed by atoms with van der Waals surface area (Å²) in [5, 5.41) is 3.36. The van der Waals surface area contributed by atoms with Gasteiger partial charge in [0.1, 0.15) is 5.58 Å². The molecular weight excluding hydrogens is 576 g/mol. The standard InChI is InChI=1S/C42H30N4O/c1-2-34(37-36-19-11-18-35(38(36)47-39(37)43)33-25-20-27-12-9-10-17-32(27)26-33)28-21-23-31(24-22-28)42-45-40(29-13-5-3-6-14-29)44-41(46-42)30-15-7-4-8-16-30/h2-26H,43H2,1H3/b34-2-. The fourth-order valence-electron chi connectivity index (χ4n) is 6.19. The van der Waals surface area contributed by atoms with Crippen molar-refractivity contribution in [1.29, 1.82) is 0 Å². The van der Waals surface area contributed by atoms with E-state index >= 15 is 0 Å². The number of hydrogen-bond acceptors (Lipinski definition) is 5. The van der Waals surface area contributed by atoms with Gasteiger partial charge in [-0.15, -0.1) is 0 Å². The van der Waals surface area contributed by atoms with Crippen LogP contribution in [0.15, 0.2) is 156 Å². The Labute approximate surface area is 272 Å². The molecule has 2 N–H and O–H groups in total.